The molecule has 6 nitrogen and oxygen atoms in total. The highest BCUT2D eigenvalue weighted by Crippen LogP contribution is 2.28. The molecule has 21 heavy (non-hydrogen) atoms. The summed E-state index contributed by atoms with van der Waals surface area (Å²) in [5.41, 5.74) is 6.46. The molecular formula is C15H25N5O. The largest absolute Gasteiger partial charge is 0.370 e. The number of hydrogen-bond acceptors (Lipinski definition) is 5. The van der Waals surface area contributed by atoms with Crippen molar-refractivity contribution in [2.45, 2.75) is 40.0 Å². The number of anilines is 2. The second-order valence-corrected chi connectivity index (χ2v) is 5.55. The number of hydrogen-bond donors (Lipinski definition) is 2. The fourth-order valence-electron chi connectivity index (χ4n) is 2.62. The molecule has 0 spiro atoms. The lowest BCUT2D eigenvalue weighted by Crippen LogP contribution is -2.28. The molecular weight excluding hydrogens is 266 g/mol. The lowest BCUT2D eigenvalue weighted by Gasteiger charge is -2.22. The van der Waals surface area contributed by atoms with E-state index in [0.29, 0.717) is 6.54 Å². The predicted octanol–water partition coefficient (Wildman–Crippen LogP) is 1.48. The van der Waals surface area contributed by atoms with Crippen LogP contribution in [-0.2, 0) is 11.2 Å². The van der Waals surface area contributed by atoms with Crippen molar-refractivity contribution >= 4 is 17.5 Å². The van der Waals surface area contributed by atoms with Gasteiger partial charge in [-0.3, -0.25) is 4.79 Å². The Labute approximate surface area is 126 Å². The molecule has 6 heteroatoms. The van der Waals surface area contributed by atoms with Crippen molar-refractivity contribution in [2.75, 3.05) is 29.9 Å². The first-order valence-corrected chi connectivity index (χ1v) is 7.72. The Morgan fingerprint density at radius 2 is 2.19 bits per heavy atom. The van der Waals surface area contributed by atoms with E-state index < -0.39 is 0 Å². The SMILES string of the molecule is CCCNc1nc(CC)nc(N2CCC(C(N)=O)C2)c1C. The van der Waals surface area contributed by atoms with Gasteiger partial charge in [0.25, 0.3) is 0 Å². The molecule has 1 fully saturated rings. The fraction of sp³-hybridized carbons (Fsp3) is 0.667. The number of aryl methyl sites for hydroxylation is 1. The van der Waals surface area contributed by atoms with Gasteiger partial charge in [0.05, 0.1) is 5.92 Å². The summed E-state index contributed by atoms with van der Waals surface area (Å²) in [5.74, 6) is 2.38. The van der Waals surface area contributed by atoms with Crippen LogP contribution >= 0.6 is 0 Å². The minimum absolute atomic E-state index is 0.0727. The van der Waals surface area contributed by atoms with E-state index in [1.165, 1.54) is 0 Å². The molecule has 2 rings (SSSR count). The van der Waals surface area contributed by atoms with E-state index in [1.54, 1.807) is 0 Å². The van der Waals surface area contributed by atoms with Gasteiger partial charge >= 0.3 is 0 Å². The average molecular weight is 291 g/mol. The van der Waals surface area contributed by atoms with E-state index in [9.17, 15) is 4.79 Å². The van der Waals surface area contributed by atoms with Crippen molar-refractivity contribution in [1.82, 2.24) is 9.97 Å². The molecule has 0 radical (unpaired) electrons. The van der Waals surface area contributed by atoms with Crippen LogP contribution in [0.25, 0.3) is 0 Å². The highest BCUT2D eigenvalue weighted by atomic mass is 16.1. The Bertz CT molecular complexity index is 517. The second-order valence-electron chi connectivity index (χ2n) is 5.55. The van der Waals surface area contributed by atoms with Crippen molar-refractivity contribution in [1.29, 1.82) is 0 Å². The maximum absolute atomic E-state index is 11.3. The van der Waals surface area contributed by atoms with Gasteiger partial charge in [-0.25, -0.2) is 9.97 Å². The predicted molar refractivity (Wildman–Crippen MR) is 84.4 cm³/mol. The lowest BCUT2D eigenvalue weighted by molar-refractivity contribution is -0.121. The van der Waals surface area contributed by atoms with Gasteiger partial charge in [0.15, 0.2) is 0 Å². The Morgan fingerprint density at radius 3 is 2.76 bits per heavy atom. The summed E-state index contributed by atoms with van der Waals surface area (Å²) in [6.45, 7) is 8.58. The molecule has 116 valence electrons. The average Bonchev–Trinajstić information content (AvgIpc) is 2.96. The lowest BCUT2D eigenvalue weighted by atomic mass is 10.1. The smallest absolute Gasteiger partial charge is 0.222 e. The molecule has 2 heterocycles. The van der Waals surface area contributed by atoms with Crippen molar-refractivity contribution in [3.8, 4) is 0 Å². The summed E-state index contributed by atoms with van der Waals surface area (Å²) in [6, 6.07) is 0. The van der Waals surface area contributed by atoms with Crippen LogP contribution in [0.2, 0.25) is 0 Å². The number of primary amides is 1. The molecule has 1 aromatic heterocycles. The fourth-order valence-corrected chi connectivity index (χ4v) is 2.62. The zero-order valence-corrected chi connectivity index (χ0v) is 13.1. The number of carbonyl (C=O) groups is 1. The molecule has 0 saturated carbocycles. The summed E-state index contributed by atoms with van der Waals surface area (Å²) >= 11 is 0. The van der Waals surface area contributed by atoms with Gasteiger partial charge in [0.2, 0.25) is 5.91 Å². The number of rotatable bonds is 6. The van der Waals surface area contributed by atoms with Crippen molar-refractivity contribution in [2.24, 2.45) is 11.7 Å². The molecule has 0 bridgehead atoms. The van der Waals surface area contributed by atoms with Crippen LogP contribution in [0.3, 0.4) is 0 Å². The van der Waals surface area contributed by atoms with E-state index in [0.717, 1.165) is 55.4 Å². The van der Waals surface area contributed by atoms with Crippen LogP contribution in [0.1, 0.15) is 38.1 Å². The maximum atomic E-state index is 11.3. The molecule has 1 amide bonds. The Balaban J connectivity index is 2.27. The van der Waals surface area contributed by atoms with Gasteiger partial charge in [-0.1, -0.05) is 13.8 Å². The van der Waals surface area contributed by atoms with Crippen LogP contribution in [0.4, 0.5) is 11.6 Å². The molecule has 3 N–H and O–H groups in total. The number of nitrogens with two attached hydrogens (primary N) is 1. The highest BCUT2D eigenvalue weighted by molar-refractivity contribution is 5.78. The summed E-state index contributed by atoms with van der Waals surface area (Å²) < 4.78 is 0. The number of carbonyl (C=O) groups excluding carboxylic acids is 1. The van der Waals surface area contributed by atoms with Crippen molar-refractivity contribution in [3.63, 3.8) is 0 Å². The zero-order chi connectivity index (χ0) is 15.4. The Hall–Kier alpha value is -1.85. The van der Waals surface area contributed by atoms with Crippen LogP contribution < -0.4 is 16.0 Å². The van der Waals surface area contributed by atoms with Crippen LogP contribution in [-0.4, -0.2) is 35.5 Å². The standard InChI is InChI=1S/C15H25N5O/c1-4-7-17-14-10(3)15(19-12(5-2)18-14)20-8-6-11(9-20)13(16)21/h11H,4-9H2,1-3H3,(H2,16,21)(H,17,18,19). The topological polar surface area (TPSA) is 84.1 Å². The molecule has 1 saturated heterocycles. The first-order chi connectivity index (χ1) is 10.1. The van der Waals surface area contributed by atoms with E-state index in [1.807, 2.05) is 13.8 Å². The Kier molecular flexibility index (Phi) is 4.98. The Morgan fingerprint density at radius 1 is 1.43 bits per heavy atom. The molecule has 1 atom stereocenters. The van der Waals surface area contributed by atoms with Gasteiger partial charge in [-0.2, -0.15) is 0 Å². The summed E-state index contributed by atoms with van der Waals surface area (Å²) in [4.78, 5) is 22.7. The third kappa shape index (κ3) is 3.43. The summed E-state index contributed by atoms with van der Waals surface area (Å²) in [6.07, 6.45) is 2.65. The maximum Gasteiger partial charge on any atom is 0.222 e. The van der Waals surface area contributed by atoms with E-state index >= 15 is 0 Å². The molecule has 1 aliphatic heterocycles. The van der Waals surface area contributed by atoms with Gasteiger partial charge in [0, 0.05) is 31.6 Å². The van der Waals surface area contributed by atoms with Gasteiger partial charge < -0.3 is 16.0 Å². The zero-order valence-electron chi connectivity index (χ0n) is 13.1. The first kappa shape index (κ1) is 15.5. The summed E-state index contributed by atoms with van der Waals surface area (Å²) in [5, 5.41) is 3.37. The minimum atomic E-state index is -0.218. The molecule has 1 aromatic rings. The quantitative estimate of drug-likeness (QED) is 0.829. The second kappa shape index (κ2) is 6.74. The van der Waals surface area contributed by atoms with E-state index in [-0.39, 0.29) is 11.8 Å². The van der Waals surface area contributed by atoms with Gasteiger partial charge in [-0.15, -0.1) is 0 Å². The number of nitrogens with zero attached hydrogens (tertiary/aromatic N) is 3. The minimum Gasteiger partial charge on any atom is -0.370 e. The molecule has 0 aliphatic carbocycles. The molecule has 1 unspecified atom stereocenters. The number of nitrogens with one attached hydrogen (secondary N) is 1. The molecule has 0 aromatic carbocycles. The van der Waals surface area contributed by atoms with Gasteiger partial charge in [0.1, 0.15) is 17.5 Å². The number of aromatic nitrogens is 2. The first-order valence-electron chi connectivity index (χ1n) is 7.72. The third-order valence-corrected chi connectivity index (χ3v) is 3.92. The number of amides is 1. The van der Waals surface area contributed by atoms with Crippen LogP contribution in [0.15, 0.2) is 0 Å². The van der Waals surface area contributed by atoms with Crippen LogP contribution in [0, 0.1) is 12.8 Å². The van der Waals surface area contributed by atoms with E-state index in [2.05, 4.69) is 27.1 Å². The van der Waals surface area contributed by atoms with Crippen molar-refractivity contribution in [3.05, 3.63) is 11.4 Å². The monoisotopic (exact) mass is 291 g/mol. The molecule has 1 aliphatic rings. The van der Waals surface area contributed by atoms with Crippen molar-refractivity contribution < 1.29 is 4.79 Å². The third-order valence-electron chi connectivity index (χ3n) is 3.92. The highest BCUT2D eigenvalue weighted by Gasteiger charge is 2.29. The summed E-state index contributed by atoms with van der Waals surface area (Å²) in [7, 11) is 0. The van der Waals surface area contributed by atoms with Crippen LogP contribution in [0.5, 0.6) is 0 Å². The normalized spacial score (nSPS) is 18.0. The van der Waals surface area contributed by atoms with E-state index in [4.69, 9.17) is 5.73 Å². The van der Waals surface area contributed by atoms with Gasteiger partial charge in [-0.05, 0) is 19.8 Å².